The molecule has 0 aliphatic carbocycles. The Kier molecular flexibility index (Phi) is 5.99. The number of carbonyl (C=O) groups excluding carboxylic acids is 1. The number of rotatable bonds is 6. The van der Waals surface area contributed by atoms with E-state index in [1.165, 1.54) is 5.56 Å². The first-order valence-corrected chi connectivity index (χ1v) is 9.16. The number of benzene rings is 1. The Morgan fingerprint density at radius 3 is 2.68 bits per heavy atom. The fraction of sp³-hybridized carbons (Fsp3) is 0.450. The van der Waals surface area contributed by atoms with Crippen LogP contribution >= 0.6 is 0 Å². The van der Waals surface area contributed by atoms with Crippen molar-refractivity contribution in [2.24, 2.45) is 5.92 Å². The smallest absolute Gasteiger partial charge is 0.272 e. The van der Waals surface area contributed by atoms with E-state index in [1.807, 2.05) is 4.90 Å². The Balaban J connectivity index is 1.54. The molecule has 1 aromatic heterocycles. The summed E-state index contributed by atoms with van der Waals surface area (Å²) >= 11 is 0. The third kappa shape index (κ3) is 4.78. The monoisotopic (exact) mass is 338 g/mol. The van der Waals surface area contributed by atoms with E-state index in [2.05, 4.69) is 52.5 Å². The molecule has 5 nitrogen and oxygen atoms in total. The minimum absolute atomic E-state index is 0.0140. The number of nitrogens with zero attached hydrogens (tertiary/aromatic N) is 3. The Morgan fingerprint density at radius 2 is 1.96 bits per heavy atom. The number of likely N-dealkylation sites (tertiary alicyclic amines) is 1. The lowest BCUT2D eigenvalue weighted by molar-refractivity contribution is 0.0684. The largest absolute Gasteiger partial charge is 0.354 e. The Bertz CT molecular complexity index is 681. The molecular formula is C20H26N4O. The van der Waals surface area contributed by atoms with Crippen molar-refractivity contribution in [3.8, 4) is 0 Å². The van der Waals surface area contributed by atoms with Crippen LogP contribution in [0.1, 0.15) is 42.2 Å². The molecule has 2 heterocycles. The van der Waals surface area contributed by atoms with Crippen LogP contribution in [-0.4, -0.2) is 40.4 Å². The van der Waals surface area contributed by atoms with E-state index in [0.29, 0.717) is 17.6 Å². The zero-order valence-electron chi connectivity index (χ0n) is 14.8. The average molecular weight is 338 g/mol. The molecule has 2 aromatic rings. The highest BCUT2D eigenvalue weighted by molar-refractivity contribution is 5.92. The standard InChI is InChI=1S/C20H26N4O/c1-2-11-21-20-22-12-8-18(23-20)19(25)24-13-9-17(10-14-24)15-16-6-4-3-5-7-16/h3-8,12,17H,2,9-11,13-15H2,1H3,(H,21,22,23). The molecule has 0 saturated carbocycles. The number of carbonyl (C=O) groups is 1. The lowest BCUT2D eigenvalue weighted by Crippen LogP contribution is -2.39. The van der Waals surface area contributed by atoms with Crippen LogP contribution in [0, 0.1) is 5.92 Å². The van der Waals surface area contributed by atoms with Crippen molar-refractivity contribution in [3.05, 3.63) is 53.9 Å². The van der Waals surface area contributed by atoms with Gasteiger partial charge in [-0.3, -0.25) is 4.79 Å². The third-order valence-corrected chi connectivity index (χ3v) is 4.68. The van der Waals surface area contributed by atoms with Crippen molar-refractivity contribution in [1.82, 2.24) is 14.9 Å². The van der Waals surface area contributed by atoms with Crippen LogP contribution in [0.2, 0.25) is 0 Å². The fourth-order valence-corrected chi connectivity index (χ4v) is 3.25. The van der Waals surface area contributed by atoms with Gasteiger partial charge in [0.15, 0.2) is 0 Å². The summed E-state index contributed by atoms with van der Waals surface area (Å²) in [7, 11) is 0. The zero-order chi connectivity index (χ0) is 17.5. The topological polar surface area (TPSA) is 58.1 Å². The summed E-state index contributed by atoms with van der Waals surface area (Å²) in [6.45, 7) is 4.50. The van der Waals surface area contributed by atoms with Crippen LogP contribution < -0.4 is 5.32 Å². The van der Waals surface area contributed by atoms with Crippen LogP contribution in [-0.2, 0) is 6.42 Å². The Hall–Kier alpha value is -2.43. The van der Waals surface area contributed by atoms with E-state index in [-0.39, 0.29) is 5.91 Å². The van der Waals surface area contributed by atoms with Crippen molar-refractivity contribution in [2.75, 3.05) is 25.0 Å². The van der Waals surface area contributed by atoms with Gasteiger partial charge in [0.1, 0.15) is 5.69 Å². The first-order valence-electron chi connectivity index (χ1n) is 9.16. The Morgan fingerprint density at radius 1 is 1.20 bits per heavy atom. The quantitative estimate of drug-likeness (QED) is 0.877. The van der Waals surface area contributed by atoms with Gasteiger partial charge in [-0.2, -0.15) is 0 Å². The average Bonchev–Trinajstić information content (AvgIpc) is 2.67. The maximum atomic E-state index is 12.7. The number of hydrogen-bond acceptors (Lipinski definition) is 4. The second-order valence-corrected chi connectivity index (χ2v) is 6.62. The molecule has 132 valence electrons. The number of aromatic nitrogens is 2. The molecule has 0 unspecified atom stereocenters. The van der Waals surface area contributed by atoms with Gasteiger partial charge in [0.05, 0.1) is 0 Å². The molecular weight excluding hydrogens is 312 g/mol. The van der Waals surface area contributed by atoms with Gasteiger partial charge in [0.2, 0.25) is 5.95 Å². The number of piperidine rings is 1. The second-order valence-electron chi connectivity index (χ2n) is 6.62. The predicted octanol–water partition coefficient (Wildman–Crippen LogP) is 3.39. The maximum absolute atomic E-state index is 12.7. The van der Waals surface area contributed by atoms with E-state index in [9.17, 15) is 4.79 Å². The number of hydrogen-bond donors (Lipinski definition) is 1. The zero-order valence-corrected chi connectivity index (χ0v) is 14.8. The van der Waals surface area contributed by atoms with Gasteiger partial charge in [0.25, 0.3) is 5.91 Å². The molecule has 1 fully saturated rings. The van der Waals surface area contributed by atoms with Crippen molar-refractivity contribution in [3.63, 3.8) is 0 Å². The number of amides is 1. The molecule has 1 amide bonds. The van der Waals surface area contributed by atoms with Gasteiger partial charge in [-0.15, -0.1) is 0 Å². The highest BCUT2D eigenvalue weighted by atomic mass is 16.2. The van der Waals surface area contributed by atoms with E-state index in [1.54, 1.807) is 12.3 Å². The SMILES string of the molecule is CCCNc1nccc(C(=O)N2CCC(Cc3ccccc3)CC2)n1. The lowest BCUT2D eigenvalue weighted by atomic mass is 9.90. The molecule has 0 atom stereocenters. The van der Waals surface area contributed by atoms with Crippen molar-refractivity contribution in [1.29, 1.82) is 0 Å². The van der Waals surface area contributed by atoms with Crippen molar-refractivity contribution < 1.29 is 4.79 Å². The highest BCUT2D eigenvalue weighted by Crippen LogP contribution is 2.22. The summed E-state index contributed by atoms with van der Waals surface area (Å²) < 4.78 is 0. The summed E-state index contributed by atoms with van der Waals surface area (Å²) in [4.78, 5) is 23.2. The number of nitrogens with one attached hydrogen (secondary N) is 1. The van der Waals surface area contributed by atoms with Gasteiger partial charge in [-0.05, 0) is 43.2 Å². The van der Waals surface area contributed by atoms with E-state index < -0.39 is 0 Å². The molecule has 3 rings (SSSR count). The lowest BCUT2D eigenvalue weighted by Gasteiger charge is -2.32. The first-order chi connectivity index (χ1) is 12.3. The summed E-state index contributed by atoms with van der Waals surface area (Å²) in [5, 5.41) is 3.13. The van der Waals surface area contributed by atoms with E-state index in [0.717, 1.165) is 45.3 Å². The molecule has 0 radical (unpaired) electrons. The summed E-state index contributed by atoms with van der Waals surface area (Å²) in [6.07, 6.45) is 5.84. The fourth-order valence-electron chi connectivity index (χ4n) is 3.25. The molecule has 1 aliphatic rings. The van der Waals surface area contributed by atoms with Crippen LogP contribution in [0.4, 0.5) is 5.95 Å². The van der Waals surface area contributed by atoms with Gasteiger partial charge in [-0.1, -0.05) is 37.3 Å². The Labute approximate surface area is 149 Å². The minimum Gasteiger partial charge on any atom is -0.354 e. The van der Waals surface area contributed by atoms with Crippen molar-refractivity contribution >= 4 is 11.9 Å². The normalized spacial score (nSPS) is 15.2. The first kappa shape index (κ1) is 17.4. The maximum Gasteiger partial charge on any atom is 0.272 e. The summed E-state index contributed by atoms with van der Waals surface area (Å²) in [5.41, 5.74) is 1.87. The molecule has 25 heavy (non-hydrogen) atoms. The van der Waals surface area contributed by atoms with Gasteiger partial charge < -0.3 is 10.2 Å². The molecule has 5 heteroatoms. The van der Waals surface area contributed by atoms with Crippen LogP contribution in [0.5, 0.6) is 0 Å². The van der Waals surface area contributed by atoms with Gasteiger partial charge in [0, 0.05) is 25.8 Å². The molecule has 1 N–H and O–H groups in total. The summed E-state index contributed by atoms with van der Waals surface area (Å²) in [6, 6.07) is 12.3. The van der Waals surface area contributed by atoms with Crippen molar-refractivity contribution in [2.45, 2.75) is 32.6 Å². The van der Waals surface area contributed by atoms with E-state index in [4.69, 9.17) is 0 Å². The number of anilines is 1. The summed E-state index contributed by atoms with van der Waals surface area (Å²) in [5.74, 6) is 1.20. The minimum atomic E-state index is 0.0140. The van der Waals surface area contributed by atoms with Crippen LogP contribution in [0.3, 0.4) is 0 Å². The molecule has 1 aliphatic heterocycles. The second kappa shape index (κ2) is 8.60. The van der Waals surface area contributed by atoms with Gasteiger partial charge in [-0.25, -0.2) is 9.97 Å². The highest BCUT2D eigenvalue weighted by Gasteiger charge is 2.24. The third-order valence-electron chi connectivity index (χ3n) is 4.68. The molecule has 0 spiro atoms. The molecule has 0 bridgehead atoms. The predicted molar refractivity (Wildman–Crippen MR) is 99.6 cm³/mol. The van der Waals surface area contributed by atoms with Gasteiger partial charge >= 0.3 is 0 Å². The van der Waals surface area contributed by atoms with Crippen LogP contribution in [0.25, 0.3) is 0 Å². The van der Waals surface area contributed by atoms with Crippen LogP contribution in [0.15, 0.2) is 42.6 Å². The van der Waals surface area contributed by atoms with E-state index >= 15 is 0 Å². The molecule has 1 aromatic carbocycles. The molecule has 1 saturated heterocycles.